The minimum atomic E-state index is -0.274. The number of aryl methyl sites for hydroxylation is 1. The van der Waals surface area contributed by atoms with Crippen LogP contribution < -0.4 is 11.1 Å². The molecular weight excluding hydrogens is 212 g/mol. The van der Waals surface area contributed by atoms with Gasteiger partial charge >= 0.3 is 0 Å². The Hall–Kier alpha value is -1.35. The van der Waals surface area contributed by atoms with Gasteiger partial charge in [0.15, 0.2) is 0 Å². The van der Waals surface area contributed by atoms with E-state index in [1.165, 1.54) is 11.1 Å². The summed E-state index contributed by atoms with van der Waals surface area (Å²) in [4.78, 5) is 10.9. The highest BCUT2D eigenvalue weighted by molar-refractivity contribution is 5.79. The summed E-state index contributed by atoms with van der Waals surface area (Å²) < 4.78 is 0. The third-order valence-corrected chi connectivity index (χ3v) is 3.56. The zero-order valence-electron chi connectivity index (χ0n) is 10.4. The van der Waals surface area contributed by atoms with Crippen LogP contribution in [0.25, 0.3) is 0 Å². The van der Waals surface area contributed by atoms with Crippen molar-refractivity contribution in [2.24, 2.45) is 5.73 Å². The number of rotatable bonds is 4. The molecule has 0 radical (unpaired) electrons. The van der Waals surface area contributed by atoms with Gasteiger partial charge in [0.25, 0.3) is 0 Å². The molecule has 1 saturated carbocycles. The number of nitrogens with two attached hydrogens (primary N) is 1. The highest BCUT2D eigenvalue weighted by Gasteiger charge is 2.31. The molecule has 1 unspecified atom stereocenters. The number of benzene rings is 1. The molecule has 1 fully saturated rings. The second-order valence-electron chi connectivity index (χ2n) is 5.07. The minimum absolute atomic E-state index is 0.224. The number of hydrogen-bond acceptors (Lipinski definition) is 2. The summed E-state index contributed by atoms with van der Waals surface area (Å²) in [5.41, 5.74) is 7.95. The predicted molar refractivity (Wildman–Crippen MR) is 68.7 cm³/mol. The minimum Gasteiger partial charge on any atom is -0.368 e. The first kappa shape index (κ1) is 12.1. The molecule has 1 atom stereocenters. The molecule has 3 N–H and O–H groups in total. The Morgan fingerprint density at radius 1 is 1.47 bits per heavy atom. The van der Waals surface area contributed by atoms with Gasteiger partial charge in [0.1, 0.15) is 0 Å². The van der Waals surface area contributed by atoms with Gasteiger partial charge in [0.05, 0.1) is 6.04 Å². The van der Waals surface area contributed by atoms with Gasteiger partial charge in [-0.15, -0.1) is 0 Å². The lowest BCUT2D eigenvalue weighted by Gasteiger charge is -2.37. The van der Waals surface area contributed by atoms with Crippen LogP contribution in [0.5, 0.6) is 0 Å². The molecule has 1 aliphatic carbocycles. The number of primary amides is 1. The SMILES string of the molecule is Cc1cccc(C2CC(NC(C)C(N)=O)C2)c1. The number of amides is 1. The number of nitrogens with one attached hydrogen (secondary N) is 1. The van der Waals surface area contributed by atoms with E-state index in [1.807, 2.05) is 6.92 Å². The van der Waals surface area contributed by atoms with E-state index in [2.05, 4.69) is 36.5 Å². The van der Waals surface area contributed by atoms with Gasteiger partial charge in [-0.25, -0.2) is 0 Å². The van der Waals surface area contributed by atoms with Crippen molar-refractivity contribution in [2.75, 3.05) is 0 Å². The molecule has 17 heavy (non-hydrogen) atoms. The maximum atomic E-state index is 10.9. The van der Waals surface area contributed by atoms with Gasteiger partial charge in [-0.3, -0.25) is 4.79 Å². The van der Waals surface area contributed by atoms with Crippen LogP contribution in [0.1, 0.15) is 36.8 Å². The summed E-state index contributed by atoms with van der Waals surface area (Å²) in [6.07, 6.45) is 2.20. The second kappa shape index (κ2) is 4.88. The molecule has 0 aliphatic heterocycles. The normalized spacial score (nSPS) is 25.1. The second-order valence-corrected chi connectivity index (χ2v) is 5.07. The van der Waals surface area contributed by atoms with Crippen LogP contribution in [0.4, 0.5) is 0 Å². The van der Waals surface area contributed by atoms with Gasteiger partial charge in [-0.05, 0) is 38.2 Å². The van der Waals surface area contributed by atoms with E-state index in [-0.39, 0.29) is 11.9 Å². The van der Waals surface area contributed by atoms with Gasteiger partial charge in [-0.1, -0.05) is 29.8 Å². The van der Waals surface area contributed by atoms with Crippen molar-refractivity contribution in [2.45, 2.75) is 44.7 Å². The van der Waals surface area contributed by atoms with Crippen LogP contribution in [0.3, 0.4) is 0 Å². The largest absolute Gasteiger partial charge is 0.368 e. The Morgan fingerprint density at radius 3 is 2.76 bits per heavy atom. The van der Waals surface area contributed by atoms with Crippen LogP contribution in [-0.2, 0) is 4.79 Å². The zero-order valence-corrected chi connectivity index (χ0v) is 10.4. The highest BCUT2D eigenvalue weighted by Crippen LogP contribution is 2.37. The average molecular weight is 232 g/mol. The van der Waals surface area contributed by atoms with Crippen molar-refractivity contribution >= 4 is 5.91 Å². The van der Waals surface area contributed by atoms with Gasteiger partial charge in [-0.2, -0.15) is 0 Å². The molecule has 3 heteroatoms. The lowest BCUT2D eigenvalue weighted by molar-refractivity contribution is -0.120. The quantitative estimate of drug-likeness (QED) is 0.830. The van der Waals surface area contributed by atoms with E-state index in [9.17, 15) is 4.79 Å². The summed E-state index contributed by atoms with van der Waals surface area (Å²) in [6.45, 7) is 3.94. The molecular formula is C14H20N2O. The van der Waals surface area contributed by atoms with Crippen molar-refractivity contribution in [3.05, 3.63) is 35.4 Å². The average Bonchev–Trinajstić information content (AvgIpc) is 2.22. The predicted octanol–water partition coefficient (Wildman–Crippen LogP) is 1.70. The van der Waals surface area contributed by atoms with Crippen molar-refractivity contribution < 1.29 is 4.79 Å². The highest BCUT2D eigenvalue weighted by atomic mass is 16.1. The van der Waals surface area contributed by atoms with Crippen LogP contribution in [0.2, 0.25) is 0 Å². The maximum Gasteiger partial charge on any atom is 0.234 e. The summed E-state index contributed by atoms with van der Waals surface area (Å²) in [7, 11) is 0. The fourth-order valence-electron chi connectivity index (χ4n) is 2.39. The summed E-state index contributed by atoms with van der Waals surface area (Å²) in [5, 5.41) is 3.26. The number of carbonyl (C=O) groups excluding carboxylic acids is 1. The first-order chi connectivity index (χ1) is 8.06. The Kier molecular flexibility index (Phi) is 3.48. The monoisotopic (exact) mass is 232 g/mol. The van der Waals surface area contributed by atoms with Crippen LogP contribution >= 0.6 is 0 Å². The number of carbonyl (C=O) groups is 1. The molecule has 1 amide bonds. The first-order valence-corrected chi connectivity index (χ1v) is 6.18. The third-order valence-electron chi connectivity index (χ3n) is 3.56. The first-order valence-electron chi connectivity index (χ1n) is 6.18. The van der Waals surface area contributed by atoms with Crippen LogP contribution in [0, 0.1) is 6.92 Å². The molecule has 3 nitrogen and oxygen atoms in total. The van der Waals surface area contributed by atoms with Crippen LogP contribution in [-0.4, -0.2) is 18.0 Å². The standard InChI is InChI=1S/C14H20N2O/c1-9-4-3-5-11(6-9)12-7-13(8-12)16-10(2)14(15)17/h3-6,10,12-13,16H,7-8H2,1-2H3,(H2,15,17). The smallest absolute Gasteiger partial charge is 0.234 e. The Balaban J connectivity index is 1.85. The van der Waals surface area contributed by atoms with Gasteiger partial charge in [0, 0.05) is 6.04 Å². The molecule has 2 rings (SSSR count). The summed E-state index contributed by atoms with van der Waals surface area (Å²) >= 11 is 0. The van der Waals surface area contributed by atoms with E-state index in [0.29, 0.717) is 12.0 Å². The fourth-order valence-corrected chi connectivity index (χ4v) is 2.39. The molecule has 0 bridgehead atoms. The Bertz CT molecular complexity index is 410. The third kappa shape index (κ3) is 2.86. The topological polar surface area (TPSA) is 55.1 Å². The molecule has 1 aromatic rings. The maximum absolute atomic E-state index is 10.9. The molecule has 0 spiro atoms. The van der Waals surface area contributed by atoms with Crippen molar-refractivity contribution in [1.29, 1.82) is 0 Å². The van der Waals surface area contributed by atoms with E-state index >= 15 is 0 Å². The van der Waals surface area contributed by atoms with Gasteiger partial charge in [0.2, 0.25) is 5.91 Å². The van der Waals surface area contributed by atoms with Crippen molar-refractivity contribution in [3.63, 3.8) is 0 Å². The molecule has 0 saturated heterocycles. The molecule has 0 heterocycles. The lowest BCUT2D eigenvalue weighted by Crippen LogP contribution is -2.49. The fraction of sp³-hybridized carbons (Fsp3) is 0.500. The van der Waals surface area contributed by atoms with E-state index in [0.717, 1.165) is 12.8 Å². The molecule has 1 aliphatic rings. The lowest BCUT2D eigenvalue weighted by atomic mass is 9.75. The summed E-state index contributed by atoms with van der Waals surface area (Å²) in [6, 6.07) is 8.87. The van der Waals surface area contributed by atoms with Crippen molar-refractivity contribution in [1.82, 2.24) is 5.32 Å². The summed E-state index contributed by atoms with van der Waals surface area (Å²) in [5.74, 6) is 0.358. The molecule has 92 valence electrons. The zero-order chi connectivity index (χ0) is 12.4. The van der Waals surface area contributed by atoms with E-state index < -0.39 is 0 Å². The molecule has 1 aromatic carbocycles. The Morgan fingerprint density at radius 2 is 2.18 bits per heavy atom. The Labute approximate surface area is 102 Å². The van der Waals surface area contributed by atoms with Crippen LogP contribution in [0.15, 0.2) is 24.3 Å². The van der Waals surface area contributed by atoms with Crippen molar-refractivity contribution in [3.8, 4) is 0 Å². The van der Waals surface area contributed by atoms with Gasteiger partial charge < -0.3 is 11.1 Å². The molecule has 0 aromatic heterocycles. The number of hydrogen-bond donors (Lipinski definition) is 2. The van der Waals surface area contributed by atoms with E-state index in [1.54, 1.807) is 0 Å². The van der Waals surface area contributed by atoms with E-state index in [4.69, 9.17) is 5.73 Å².